The molecular weight excluding hydrogens is 321 g/mol. The molecule has 1 aliphatic rings. The maximum atomic E-state index is 13.8. The van der Waals surface area contributed by atoms with Crippen LogP contribution in [0.25, 0.3) is 11.3 Å². The number of nitrogens with one attached hydrogen (secondary N) is 2. The summed E-state index contributed by atoms with van der Waals surface area (Å²) in [6, 6.07) is 7.82. The largest absolute Gasteiger partial charge is 0.343 e. The monoisotopic (exact) mass is 337 g/mol. The van der Waals surface area contributed by atoms with Gasteiger partial charge < -0.3 is 5.32 Å². The van der Waals surface area contributed by atoms with E-state index >= 15 is 0 Å². The van der Waals surface area contributed by atoms with Crippen LogP contribution >= 0.6 is 0 Å². The van der Waals surface area contributed by atoms with E-state index in [0.717, 1.165) is 25.0 Å². The maximum Gasteiger partial charge on any atom is 0.269 e. The van der Waals surface area contributed by atoms with Gasteiger partial charge >= 0.3 is 0 Å². The Morgan fingerprint density at radius 1 is 1.28 bits per heavy atom. The average molecular weight is 337 g/mol. The number of nitrogens with zero attached hydrogens (tertiary/aromatic N) is 3. The Labute approximate surface area is 143 Å². The lowest BCUT2D eigenvalue weighted by Crippen LogP contribution is -2.24. The van der Waals surface area contributed by atoms with Gasteiger partial charge in [0, 0.05) is 17.5 Å². The molecule has 0 atom stereocenters. The molecule has 0 saturated heterocycles. The summed E-state index contributed by atoms with van der Waals surface area (Å²) in [6.07, 6.45) is 4.93. The second-order valence-electron chi connectivity index (χ2n) is 5.94. The summed E-state index contributed by atoms with van der Waals surface area (Å²) in [7, 11) is 0. The third-order valence-corrected chi connectivity index (χ3v) is 4.24. The Bertz CT molecular complexity index is 937. The van der Waals surface area contributed by atoms with Crippen LogP contribution < -0.4 is 5.32 Å². The summed E-state index contributed by atoms with van der Waals surface area (Å²) in [5, 5.41) is 9.41. The van der Waals surface area contributed by atoms with Crippen LogP contribution in [0.2, 0.25) is 0 Å². The van der Waals surface area contributed by atoms with Gasteiger partial charge in [0.1, 0.15) is 17.3 Å². The number of carbonyl (C=O) groups excluding carboxylic acids is 1. The molecule has 1 aliphatic carbocycles. The number of aromatic amines is 1. The second kappa shape index (κ2) is 6.43. The van der Waals surface area contributed by atoms with Gasteiger partial charge in [-0.2, -0.15) is 5.10 Å². The topological polar surface area (TPSA) is 83.6 Å². The number of H-pyrrole nitrogens is 1. The Morgan fingerprint density at radius 2 is 2.16 bits per heavy atom. The third-order valence-electron chi connectivity index (χ3n) is 4.24. The molecule has 2 N–H and O–H groups in total. The minimum absolute atomic E-state index is 0.236. The van der Waals surface area contributed by atoms with Crippen LogP contribution in [0.5, 0.6) is 0 Å². The number of halogens is 1. The summed E-state index contributed by atoms with van der Waals surface area (Å²) in [6.45, 7) is 0.236. The zero-order valence-corrected chi connectivity index (χ0v) is 13.4. The Kier molecular flexibility index (Phi) is 3.97. The molecule has 2 aromatic heterocycles. The number of amides is 1. The molecule has 0 saturated carbocycles. The Morgan fingerprint density at radius 3 is 3.04 bits per heavy atom. The number of benzene rings is 1. The van der Waals surface area contributed by atoms with Crippen molar-refractivity contribution in [3.05, 3.63) is 65.1 Å². The summed E-state index contributed by atoms with van der Waals surface area (Å²) in [5.74, 6) is -0.130. The first kappa shape index (κ1) is 15.4. The minimum atomic E-state index is -0.382. The van der Waals surface area contributed by atoms with Crippen molar-refractivity contribution >= 4 is 5.91 Å². The van der Waals surface area contributed by atoms with Crippen LogP contribution in [-0.4, -0.2) is 26.1 Å². The number of rotatable bonds is 4. The van der Waals surface area contributed by atoms with Gasteiger partial charge in [-0.15, -0.1) is 0 Å². The highest BCUT2D eigenvalue weighted by Crippen LogP contribution is 2.21. The summed E-state index contributed by atoms with van der Waals surface area (Å²) < 4.78 is 13.8. The van der Waals surface area contributed by atoms with Crippen molar-refractivity contribution in [3.63, 3.8) is 0 Å². The third kappa shape index (κ3) is 3.13. The lowest BCUT2D eigenvalue weighted by atomic mass is 10.1. The zero-order valence-electron chi connectivity index (χ0n) is 13.4. The van der Waals surface area contributed by atoms with E-state index < -0.39 is 0 Å². The quantitative estimate of drug-likeness (QED) is 0.766. The molecule has 2 heterocycles. The normalized spacial score (nSPS) is 12.8. The fourth-order valence-electron chi connectivity index (χ4n) is 2.94. The smallest absolute Gasteiger partial charge is 0.269 e. The minimum Gasteiger partial charge on any atom is -0.343 e. The summed E-state index contributed by atoms with van der Waals surface area (Å²) >= 11 is 0. The number of carbonyl (C=O) groups is 1. The molecule has 7 heteroatoms. The van der Waals surface area contributed by atoms with Crippen molar-refractivity contribution in [2.24, 2.45) is 0 Å². The van der Waals surface area contributed by atoms with E-state index in [-0.39, 0.29) is 24.0 Å². The lowest BCUT2D eigenvalue weighted by molar-refractivity contribution is 0.0945. The van der Waals surface area contributed by atoms with Gasteiger partial charge in [0.05, 0.1) is 12.2 Å². The van der Waals surface area contributed by atoms with Gasteiger partial charge in [0.15, 0.2) is 0 Å². The predicted molar refractivity (Wildman–Crippen MR) is 89.2 cm³/mol. The van der Waals surface area contributed by atoms with E-state index in [1.165, 1.54) is 17.7 Å². The van der Waals surface area contributed by atoms with E-state index in [9.17, 15) is 9.18 Å². The second-order valence-corrected chi connectivity index (χ2v) is 5.94. The first-order valence-electron chi connectivity index (χ1n) is 8.13. The van der Waals surface area contributed by atoms with Crippen LogP contribution in [0.15, 0.2) is 36.5 Å². The van der Waals surface area contributed by atoms with Crippen LogP contribution in [-0.2, 0) is 19.4 Å². The molecule has 0 unspecified atom stereocenters. The molecule has 1 amide bonds. The molecule has 4 rings (SSSR count). The average Bonchev–Trinajstić information content (AvgIpc) is 3.29. The van der Waals surface area contributed by atoms with E-state index in [1.807, 2.05) is 6.20 Å². The van der Waals surface area contributed by atoms with Crippen molar-refractivity contribution in [2.75, 3.05) is 0 Å². The van der Waals surface area contributed by atoms with Crippen LogP contribution in [0, 0.1) is 5.82 Å². The number of hydrogen-bond donors (Lipinski definition) is 2. The molecule has 6 nitrogen and oxygen atoms in total. The molecule has 0 bridgehead atoms. The van der Waals surface area contributed by atoms with Gasteiger partial charge in [-0.25, -0.2) is 14.4 Å². The highest BCUT2D eigenvalue weighted by Gasteiger charge is 2.15. The Balaban J connectivity index is 1.44. The molecule has 0 radical (unpaired) electrons. The van der Waals surface area contributed by atoms with E-state index in [0.29, 0.717) is 17.1 Å². The number of aryl methyl sites for hydroxylation is 2. The summed E-state index contributed by atoms with van der Waals surface area (Å²) in [5.41, 5.74) is 3.26. The first-order valence-corrected chi connectivity index (χ1v) is 8.13. The molecule has 0 spiro atoms. The molecule has 25 heavy (non-hydrogen) atoms. The molecule has 126 valence electrons. The van der Waals surface area contributed by atoms with Crippen molar-refractivity contribution in [2.45, 2.75) is 25.8 Å². The SMILES string of the molecule is O=C(NCc1ncc2c(n1)CCC2)c1cc(-c2ccccc2F)n[nH]1. The van der Waals surface area contributed by atoms with Crippen molar-refractivity contribution in [3.8, 4) is 11.3 Å². The number of aromatic nitrogens is 4. The van der Waals surface area contributed by atoms with E-state index in [1.54, 1.807) is 18.2 Å². The van der Waals surface area contributed by atoms with E-state index in [2.05, 4.69) is 25.5 Å². The highest BCUT2D eigenvalue weighted by atomic mass is 19.1. The standard InChI is InChI=1S/C18H16FN5O/c19-13-6-2-1-5-12(13)15-8-16(24-23-15)18(25)21-10-17-20-9-11-4-3-7-14(11)22-17/h1-2,5-6,8-9H,3-4,7,10H2,(H,21,25)(H,23,24). The van der Waals surface area contributed by atoms with Crippen LogP contribution in [0.3, 0.4) is 0 Å². The van der Waals surface area contributed by atoms with Gasteiger partial charge in [-0.05, 0) is 43.0 Å². The molecule has 1 aromatic carbocycles. The van der Waals surface area contributed by atoms with Crippen LogP contribution in [0.1, 0.15) is 34.0 Å². The van der Waals surface area contributed by atoms with Crippen molar-refractivity contribution < 1.29 is 9.18 Å². The predicted octanol–water partition coefficient (Wildman–Crippen LogP) is 2.42. The molecule has 0 aliphatic heterocycles. The van der Waals surface area contributed by atoms with Gasteiger partial charge in [0.25, 0.3) is 5.91 Å². The lowest BCUT2D eigenvalue weighted by Gasteiger charge is -2.04. The maximum absolute atomic E-state index is 13.8. The number of fused-ring (bicyclic) bond motifs is 1. The fourth-order valence-corrected chi connectivity index (χ4v) is 2.94. The molecule has 3 aromatic rings. The number of hydrogen-bond acceptors (Lipinski definition) is 4. The summed E-state index contributed by atoms with van der Waals surface area (Å²) in [4.78, 5) is 21.0. The Hall–Kier alpha value is -3.09. The highest BCUT2D eigenvalue weighted by molar-refractivity contribution is 5.93. The first-order chi connectivity index (χ1) is 12.2. The fraction of sp³-hybridized carbons (Fsp3) is 0.222. The van der Waals surface area contributed by atoms with Gasteiger partial charge in [-0.3, -0.25) is 9.89 Å². The van der Waals surface area contributed by atoms with Crippen molar-refractivity contribution in [1.29, 1.82) is 0 Å². The van der Waals surface area contributed by atoms with Crippen LogP contribution in [0.4, 0.5) is 4.39 Å². The zero-order chi connectivity index (χ0) is 17.2. The van der Waals surface area contributed by atoms with E-state index in [4.69, 9.17) is 0 Å². The van der Waals surface area contributed by atoms with Gasteiger partial charge in [-0.1, -0.05) is 12.1 Å². The van der Waals surface area contributed by atoms with Gasteiger partial charge in [0.2, 0.25) is 0 Å². The molecule has 0 fully saturated rings. The van der Waals surface area contributed by atoms with Crippen molar-refractivity contribution in [1.82, 2.24) is 25.5 Å². The molecular formula is C18H16FN5O.